The van der Waals surface area contributed by atoms with Crippen molar-refractivity contribution in [2.24, 2.45) is 0 Å². The van der Waals surface area contributed by atoms with Crippen LogP contribution in [-0.4, -0.2) is 32.1 Å². The summed E-state index contributed by atoms with van der Waals surface area (Å²) in [7, 11) is 1.72. The van der Waals surface area contributed by atoms with Crippen LogP contribution in [0.4, 0.5) is 5.69 Å². The molecule has 0 saturated carbocycles. The van der Waals surface area contributed by atoms with Gasteiger partial charge in [-0.2, -0.15) is 0 Å². The van der Waals surface area contributed by atoms with Crippen LogP contribution in [0.25, 0.3) is 0 Å². The lowest BCUT2D eigenvalue weighted by molar-refractivity contribution is 0.0784. The molecule has 1 saturated heterocycles. The van der Waals surface area contributed by atoms with Gasteiger partial charge in [-0.1, -0.05) is 12.1 Å². The summed E-state index contributed by atoms with van der Waals surface area (Å²) < 4.78 is 5.21. The molecule has 3 nitrogen and oxygen atoms in total. The van der Waals surface area contributed by atoms with Gasteiger partial charge in [0.2, 0.25) is 0 Å². The SMILES string of the molecule is COC1CN(c2ccccc2C(C)=O)C1. The first-order valence-corrected chi connectivity index (χ1v) is 5.10. The van der Waals surface area contributed by atoms with Gasteiger partial charge in [0.05, 0.1) is 6.10 Å². The molecule has 2 rings (SSSR count). The van der Waals surface area contributed by atoms with Crippen LogP contribution in [0, 0.1) is 0 Å². The number of benzene rings is 1. The lowest BCUT2D eigenvalue weighted by Gasteiger charge is -2.40. The van der Waals surface area contributed by atoms with Gasteiger partial charge in [0.25, 0.3) is 0 Å². The Balaban J connectivity index is 2.18. The number of ketones is 1. The Morgan fingerprint density at radius 1 is 1.40 bits per heavy atom. The van der Waals surface area contributed by atoms with Gasteiger partial charge in [0, 0.05) is 31.5 Å². The van der Waals surface area contributed by atoms with E-state index in [-0.39, 0.29) is 5.78 Å². The van der Waals surface area contributed by atoms with Gasteiger partial charge in [-0.05, 0) is 19.1 Å². The predicted molar refractivity (Wildman–Crippen MR) is 59.5 cm³/mol. The van der Waals surface area contributed by atoms with E-state index in [0.29, 0.717) is 6.10 Å². The van der Waals surface area contributed by atoms with Crippen LogP contribution >= 0.6 is 0 Å². The molecule has 1 aliphatic heterocycles. The molecule has 0 N–H and O–H groups in total. The van der Waals surface area contributed by atoms with Gasteiger partial charge in [-0.15, -0.1) is 0 Å². The third-order valence-corrected chi connectivity index (χ3v) is 2.81. The standard InChI is InChI=1S/C12H15NO2/c1-9(14)11-5-3-4-6-12(11)13-7-10(8-13)15-2/h3-6,10H,7-8H2,1-2H3. The number of anilines is 1. The number of hydrogen-bond donors (Lipinski definition) is 0. The second-order valence-electron chi connectivity index (χ2n) is 3.84. The van der Waals surface area contributed by atoms with Gasteiger partial charge in [-0.25, -0.2) is 0 Å². The quantitative estimate of drug-likeness (QED) is 0.704. The minimum atomic E-state index is 0.117. The predicted octanol–water partition coefficient (Wildman–Crippen LogP) is 1.72. The summed E-state index contributed by atoms with van der Waals surface area (Å²) in [6.45, 7) is 3.36. The zero-order chi connectivity index (χ0) is 10.8. The molecular weight excluding hydrogens is 190 g/mol. The van der Waals surface area contributed by atoms with Gasteiger partial charge in [0.15, 0.2) is 5.78 Å². The first kappa shape index (κ1) is 10.2. The van der Waals surface area contributed by atoms with Gasteiger partial charge < -0.3 is 9.64 Å². The van der Waals surface area contributed by atoms with Gasteiger partial charge >= 0.3 is 0 Å². The highest BCUT2D eigenvalue weighted by atomic mass is 16.5. The molecule has 0 bridgehead atoms. The molecule has 1 aromatic carbocycles. The molecule has 1 aliphatic rings. The summed E-state index contributed by atoms with van der Waals surface area (Å²) in [6, 6.07) is 7.72. The Kier molecular flexibility index (Phi) is 2.73. The molecule has 0 aromatic heterocycles. The molecule has 0 aliphatic carbocycles. The Morgan fingerprint density at radius 3 is 2.67 bits per heavy atom. The van der Waals surface area contributed by atoms with Crippen molar-refractivity contribution in [1.82, 2.24) is 0 Å². The van der Waals surface area contributed by atoms with Crippen LogP contribution in [0.15, 0.2) is 24.3 Å². The monoisotopic (exact) mass is 205 g/mol. The number of methoxy groups -OCH3 is 1. The number of hydrogen-bond acceptors (Lipinski definition) is 3. The van der Waals surface area contributed by atoms with Crippen molar-refractivity contribution < 1.29 is 9.53 Å². The van der Waals surface area contributed by atoms with E-state index in [2.05, 4.69) is 4.90 Å². The van der Waals surface area contributed by atoms with Crippen molar-refractivity contribution in [3.63, 3.8) is 0 Å². The zero-order valence-electron chi connectivity index (χ0n) is 9.06. The number of carbonyl (C=O) groups excluding carboxylic acids is 1. The van der Waals surface area contributed by atoms with E-state index in [9.17, 15) is 4.79 Å². The van der Waals surface area contributed by atoms with E-state index in [4.69, 9.17) is 4.74 Å². The van der Waals surface area contributed by atoms with Crippen molar-refractivity contribution in [2.75, 3.05) is 25.1 Å². The minimum absolute atomic E-state index is 0.117. The number of nitrogens with zero attached hydrogens (tertiary/aromatic N) is 1. The van der Waals surface area contributed by atoms with Crippen molar-refractivity contribution in [1.29, 1.82) is 0 Å². The molecule has 3 heteroatoms. The fraction of sp³-hybridized carbons (Fsp3) is 0.417. The maximum absolute atomic E-state index is 11.4. The molecule has 0 amide bonds. The lowest BCUT2D eigenvalue weighted by atomic mass is 10.0. The first-order valence-electron chi connectivity index (χ1n) is 5.10. The average molecular weight is 205 g/mol. The maximum Gasteiger partial charge on any atom is 0.161 e. The molecule has 0 atom stereocenters. The van der Waals surface area contributed by atoms with E-state index >= 15 is 0 Å². The third-order valence-electron chi connectivity index (χ3n) is 2.81. The highest BCUT2D eigenvalue weighted by Gasteiger charge is 2.28. The third kappa shape index (κ3) is 1.88. The van der Waals surface area contributed by atoms with Gasteiger partial charge in [0.1, 0.15) is 0 Å². The van der Waals surface area contributed by atoms with E-state index in [1.807, 2.05) is 24.3 Å². The highest BCUT2D eigenvalue weighted by Crippen LogP contribution is 2.26. The van der Waals surface area contributed by atoms with Gasteiger partial charge in [-0.3, -0.25) is 4.79 Å². The number of para-hydroxylation sites is 1. The number of ether oxygens (including phenoxy) is 1. The molecular formula is C12H15NO2. The van der Waals surface area contributed by atoms with Crippen LogP contribution < -0.4 is 4.90 Å². The van der Waals surface area contributed by atoms with E-state index < -0.39 is 0 Å². The molecule has 1 fully saturated rings. The van der Waals surface area contributed by atoms with Crippen molar-refractivity contribution in [2.45, 2.75) is 13.0 Å². The molecule has 0 radical (unpaired) electrons. The fourth-order valence-corrected chi connectivity index (χ4v) is 1.83. The summed E-state index contributed by atoms with van der Waals surface area (Å²) in [5, 5.41) is 0. The van der Waals surface area contributed by atoms with Crippen LogP contribution in [0.5, 0.6) is 0 Å². The normalized spacial score (nSPS) is 16.3. The Labute approximate surface area is 89.7 Å². The Bertz CT molecular complexity index is 370. The number of carbonyl (C=O) groups is 1. The molecule has 80 valence electrons. The van der Waals surface area contributed by atoms with Crippen LogP contribution in [0.3, 0.4) is 0 Å². The number of Topliss-reactive ketones (excluding diaryl/α,β-unsaturated/α-hetero) is 1. The number of rotatable bonds is 3. The van der Waals surface area contributed by atoms with E-state index in [1.54, 1.807) is 14.0 Å². The molecule has 1 heterocycles. The Morgan fingerprint density at radius 2 is 2.07 bits per heavy atom. The second kappa shape index (κ2) is 4.03. The van der Waals surface area contributed by atoms with Crippen molar-refractivity contribution >= 4 is 11.5 Å². The molecule has 0 spiro atoms. The highest BCUT2D eigenvalue weighted by molar-refractivity contribution is 5.99. The second-order valence-corrected chi connectivity index (χ2v) is 3.84. The van der Waals surface area contributed by atoms with E-state index in [1.165, 1.54) is 0 Å². The van der Waals surface area contributed by atoms with Crippen molar-refractivity contribution in [3.05, 3.63) is 29.8 Å². The zero-order valence-corrected chi connectivity index (χ0v) is 9.06. The maximum atomic E-state index is 11.4. The summed E-state index contributed by atoms with van der Waals surface area (Å²) in [6.07, 6.45) is 0.310. The summed E-state index contributed by atoms with van der Waals surface area (Å²) in [5.74, 6) is 0.117. The van der Waals surface area contributed by atoms with Crippen molar-refractivity contribution in [3.8, 4) is 0 Å². The average Bonchev–Trinajstić information content (AvgIpc) is 2.16. The molecule has 15 heavy (non-hydrogen) atoms. The summed E-state index contributed by atoms with van der Waals surface area (Å²) >= 11 is 0. The van der Waals surface area contributed by atoms with Crippen LogP contribution in [0.1, 0.15) is 17.3 Å². The summed E-state index contributed by atoms with van der Waals surface area (Å²) in [5.41, 5.74) is 1.82. The smallest absolute Gasteiger partial charge is 0.161 e. The van der Waals surface area contributed by atoms with Crippen LogP contribution in [0.2, 0.25) is 0 Å². The Hall–Kier alpha value is -1.35. The lowest BCUT2D eigenvalue weighted by Crippen LogP contribution is -2.52. The first-order chi connectivity index (χ1) is 7.22. The molecule has 1 aromatic rings. The summed E-state index contributed by atoms with van der Waals surface area (Å²) in [4.78, 5) is 13.6. The topological polar surface area (TPSA) is 29.5 Å². The largest absolute Gasteiger partial charge is 0.378 e. The van der Waals surface area contributed by atoms with E-state index in [0.717, 1.165) is 24.3 Å². The minimum Gasteiger partial charge on any atom is -0.378 e. The fourth-order valence-electron chi connectivity index (χ4n) is 1.83. The molecule has 0 unspecified atom stereocenters. The van der Waals surface area contributed by atoms with Crippen LogP contribution in [-0.2, 0) is 4.74 Å².